The summed E-state index contributed by atoms with van der Waals surface area (Å²) in [5, 5.41) is 16.5. The average molecular weight is 427 g/mol. The summed E-state index contributed by atoms with van der Waals surface area (Å²) in [4.78, 5) is 36.7. The Morgan fingerprint density at radius 3 is 2.63 bits per heavy atom. The number of nitro groups is 1. The lowest BCUT2D eigenvalue weighted by molar-refractivity contribution is -0.384. The van der Waals surface area contributed by atoms with Crippen molar-refractivity contribution in [2.75, 3.05) is 12.4 Å². The zero-order valence-corrected chi connectivity index (χ0v) is 17.3. The van der Waals surface area contributed by atoms with Crippen LogP contribution in [0.3, 0.4) is 0 Å². The summed E-state index contributed by atoms with van der Waals surface area (Å²) in [6, 6.07) is 12.4. The van der Waals surface area contributed by atoms with Crippen molar-refractivity contribution in [3.8, 4) is 0 Å². The minimum Gasteiger partial charge on any atom is -0.463 e. The molecule has 0 saturated heterocycles. The maximum Gasteiger partial charge on any atom is 0.338 e. The standard InChI is InChI=1S/C21H21N3O5S/c1-3-29-20(25)18-17(12-30-16-9-7-13(2)8-10-16)22-21(26)23-19(18)14-5-4-6-15(11-14)24(27)28/h4-11,19H,3,12H2,1-2H3,(H2,22,23,26)/t19-/m0/s1. The predicted octanol–water partition coefficient (Wildman–Crippen LogP) is 3.87. The van der Waals surface area contributed by atoms with E-state index >= 15 is 0 Å². The molecule has 3 rings (SSSR count). The van der Waals surface area contributed by atoms with E-state index in [-0.39, 0.29) is 17.9 Å². The zero-order valence-electron chi connectivity index (χ0n) is 16.5. The van der Waals surface area contributed by atoms with Crippen LogP contribution in [0.1, 0.15) is 24.1 Å². The number of thioether (sulfide) groups is 1. The molecule has 30 heavy (non-hydrogen) atoms. The van der Waals surface area contributed by atoms with Crippen molar-refractivity contribution in [2.45, 2.75) is 24.8 Å². The zero-order chi connectivity index (χ0) is 21.7. The molecule has 2 amide bonds. The summed E-state index contributed by atoms with van der Waals surface area (Å²) in [6.45, 7) is 3.85. The van der Waals surface area contributed by atoms with Gasteiger partial charge in [0, 0.05) is 28.5 Å². The molecule has 0 aromatic heterocycles. The fourth-order valence-electron chi connectivity index (χ4n) is 3.04. The average Bonchev–Trinajstić information content (AvgIpc) is 2.73. The van der Waals surface area contributed by atoms with E-state index in [0.29, 0.717) is 17.0 Å². The van der Waals surface area contributed by atoms with Gasteiger partial charge in [0.05, 0.1) is 23.1 Å². The third-order valence-electron chi connectivity index (χ3n) is 4.47. The minimum atomic E-state index is -0.855. The minimum absolute atomic E-state index is 0.126. The van der Waals surface area contributed by atoms with Crippen molar-refractivity contribution in [1.82, 2.24) is 10.6 Å². The van der Waals surface area contributed by atoms with E-state index in [0.717, 1.165) is 10.5 Å². The van der Waals surface area contributed by atoms with Crippen molar-refractivity contribution >= 4 is 29.4 Å². The van der Waals surface area contributed by atoms with E-state index in [4.69, 9.17) is 4.74 Å². The molecule has 0 fully saturated rings. The number of amides is 2. The lowest BCUT2D eigenvalue weighted by atomic mass is 9.95. The monoisotopic (exact) mass is 427 g/mol. The van der Waals surface area contributed by atoms with E-state index in [9.17, 15) is 19.7 Å². The lowest BCUT2D eigenvalue weighted by Crippen LogP contribution is -2.46. The van der Waals surface area contributed by atoms with Gasteiger partial charge in [0.2, 0.25) is 0 Å². The van der Waals surface area contributed by atoms with Crippen LogP contribution in [0.2, 0.25) is 0 Å². The van der Waals surface area contributed by atoms with Crippen molar-refractivity contribution in [1.29, 1.82) is 0 Å². The molecule has 0 unspecified atom stereocenters. The van der Waals surface area contributed by atoms with E-state index in [1.165, 1.54) is 30.0 Å². The molecule has 2 aromatic rings. The summed E-state index contributed by atoms with van der Waals surface area (Å²) < 4.78 is 5.21. The highest BCUT2D eigenvalue weighted by molar-refractivity contribution is 7.99. The maximum absolute atomic E-state index is 12.8. The number of hydrogen-bond donors (Lipinski definition) is 2. The van der Waals surface area contributed by atoms with Crippen LogP contribution in [0.4, 0.5) is 10.5 Å². The number of rotatable bonds is 7. The van der Waals surface area contributed by atoms with Crippen molar-refractivity contribution in [2.24, 2.45) is 0 Å². The van der Waals surface area contributed by atoms with Gasteiger partial charge in [0.15, 0.2) is 0 Å². The van der Waals surface area contributed by atoms with E-state index < -0.39 is 23.0 Å². The number of nitro benzene ring substituents is 1. The summed E-state index contributed by atoms with van der Waals surface area (Å²) in [5.41, 5.74) is 2.08. The number of urea groups is 1. The van der Waals surface area contributed by atoms with Gasteiger partial charge >= 0.3 is 12.0 Å². The Bertz CT molecular complexity index is 1000. The number of carbonyl (C=O) groups is 2. The fourth-order valence-corrected chi connectivity index (χ4v) is 3.91. The number of benzene rings is 2. The van der Waals surface area contributed by atoms with Crippen LogP contribution < -0.4 is 10.6 Å². The summed E-state index contributed by atoms with van der Waals surface area (Å²) in [6.07, 6.45) is 0. The highest BCUT2D eigenvalue weighted by atomic mass is 32.2. The highest BCUT2D eigenvalue weighted by Gasteiger charge is 2.34. The molecule has 1 aliphatic heterocycles. The highest BCUT2D eigenvalue weighted by Crippen LogP contribution is 2.32. The Morgan fingerprint density at radius 1 is 1.23 bits per heavy atom. The number of nitrogens with zero attached hydrogens (tertiary/aromatic N) is 1. The van der Waals surface area contributed by atoms with Gasteiger partial charge in [-0.05, 0) is 31.5 Å². The van der Waals surface area contributed by atoms with Crippen LogP contribution in [0.25, 0.3) is 0 Å². The molecule has 2 aromatic carbocycles. The smallest absolute Gasteiger partial charge is 0.338 e. The third kappa shape index (κ3) is 4.98. The quantitative estimate of drug-likeness (QED) is 0.300. The largest absolute Gasteiger partial charge is 0.463 e. The van der Waals surface area contributed by atoms with Gasteiger partial charge in [-0.3, -0.25) is 10.1 Å². The van der Waals surface area contributed by atoms with Gasteiger partial charge in [-0.2, -0.15) is 0 Å². The SMILES string of the molecule is CCOC(=O)C1=C(CSc2ccc(C)cc2)NC(=O)N[C@H]1c1cccc([N+](=O)[O-])c1. The second kappa shape index (κ2) is 9.45. The van der Waals surface area contributed by atoms with Crippen LogP contribution in [-0.4, -0.2) is 29.3 Å². The summed E-state index contributed by atoms with van der Waals surface area (Å²) in [5.74, 6) is -0.253. The third-order valence-corrected chi connectivity index (χ3v) is 5.51. The molecule has 0 saturated carbocycles. The van der Waals surface area contributed by atoms with E-state index in [2.05, 4.69) is 10.6 Å². The first-order valence-corrected chi connectivity index (χ1v) is 10.3. The molecule has 0 spiro atoms. The number of nitrogens with one attached hydrogen (secondary N) is 2. The van der Waals surface area contributed by atoms with Crippen LogP contribution in [-0.2, 0) is 9.53 Å². The first kappa shape index (κ1) is 21.4. The van der Waals surface area contributed by atoms with Crippen LogP contribution in [0, 0.1) is 17.0 Å². The molecule has 0 radical (unpaired) electrons. The summed E-state index contributed by atoms with van der Waals surface area (Å²) >= 11 is 1.47. The summed E-state index contributed by atoms with van der Waals surface area (Å²) in [7, 11) is 0. The Balaban J connectivity index is 1.99. The first-order valence-electron chi connectivity index (χ1n) is 9.30. The lowest BCUT2D eigenvalue weighted by Gasteiger charge is -2.29. The van der Waals surface area contributed by atoms with Gasteiger partial charge < -0.3 is 15.4 Å². The normalized spacial score (nSPS) is 15.9. The van der Waals surface area contributed by atoms with Gasteiger partial charge in [0.1, 0.15) is 0 Å². The Labute approximate surface area is 177 Å². The Hall–Kier alpha value is -3.33. The van der Waals surface area contributed by atoms with Gasteiger partial charge in [-0.1, -0.05) is 29.8 Å². The van der Waals surface area contributed by atoms with Crippen molar-refractivity contribution in [3.63, 3.8) is 0 Å². The van der Waals surface area contributed by atoms with Gasteiger partial charge in [0.25, 0.3) is 5.69 Å². The number of esters is 1. The number of aryl methyl sites for hydroxylation is 1. The second-order valence-electron chi connectivity index (χ2n) is 6.60. The number of carbonyl (C=O) groups excluding carboxylic acids is 2. The fraction of sp³-hybridized carbons (Fsp3) is 0.238. The molecule has 8 nitrogen and oxygen atoms in total. The first-order chi connectivity index (χ1) is 14.4. The topological polar surface area (TPSA) is 111 Å². The Kier molecular flexibility index (Phi) is 6.73. The molecule has 1 aliphatic rings. The van der Waals surface area contributed by atoms with E-state index in [1.807, 2.05) is 31.2 Å². The second-order valence-corrected chi connectivity index (χ2v) is 7.65. The number of ether oxygens (including phenoxy) is 1. The molecule has 2 N–H and O–H groups in total. The molecule has 0 aliphatic carbocycles. The molecular formula is C21H21N3O5S. The van der Waals surface area contributed by atoms with Gasteiger partial charge in [-0.15, -0.1) is 11.8 Å². The molecule has 1 atom stereocenters. The molecular weight excluding hydrogens is 406 g/mol. The number of hydrogen-bond acceptors (Lipinski definition) is 6. The van der Waals surface area contributed by atoms with Crippen LogP contribution >= 0.6 is 11.8 Å². The predicted molar refractivity (Wildman–Crippen MR) is 113 cm³/mol. The maximum atomic E-state index is 12.8. The number of non-ortho nitro benzene ring substituents is 1. The van der Waals surface area contributed by atoms with Crippen molar-refractivity contribution < 1.29 is 19.2 Å². The Morgan fingerprint density at radius 2 is 1.97 bits per heavy atom. The molecule has 0 bridgehead atoms. The van der Waals surface area contributed by atoms with Crippen LogP contribution in [0.15, 0.2) is 64.7 Å². The van der Waals surface area contributed by atoms with E-state index in [1.54, 1.807) is 13.0 Å². The van der Waals surface area contributed by atoms with Crippen LogP contribution in [0.5, 0.6) is 0 Å². The molecule has 9 heteroatoms. The van der Waals surface area contributed by atoms with Crippen molar-refractivity contribution in [3.05, 3.63) is 81.0 Å². The molecule has 156 valence electrons. The van der Waals surface area contributed by atoms with Gasteiger partial charge in [-0.25, -0.2) is 9.59 Å². The molecule has 1 heterocycles.